The van der Waals surface area contributed by atoms with E-state index in [1.165, 1.54) is 11.3 Å². The van der Waals surface area contributed by atoms with Crippen LogP contribution >= 0.6 is 11.3 Å². The molecule has 0 bridgehead atoms. The van der Waals surface area contributed by atoms with E-state index in [1.54, 1.807) is 0 Å². The van der Waals surface area contributed by atoms with Gasteiger partial charge in [0.25, 0.3) is 5.91 Å². The SMILES string of the molecule is CCc1ccccc1NC(=O)c1sccc1C#CCN. The van der Waals surface area contributed by atoms with Gasteiger partial charge in [0.1, 0.15) is 4.88 Å². The van der Waals surface area contributed by atoms with Crippen molar-refractivity contribution in [3.63, 3.8) is 0 Å². The van der Waals surface area contributed by atoms with Gasteiger partial charge in [-0.15, -0.1) is 11.3 Å². The zero-order valence-corrected chi connectivity index (χ0v) is 12.1. The molecule has 4 heteroatoms. The molecular formula is C16H16N2OS. The summed E-state index contributed by atoms with van der Waals surface area (Å²) in [6.45, 7) is 2.35. The Morgan fingerprint density at radius 3 is 2.90 bits per heavy atom. The number of hydrogen-bond acceptors (Lipinski definition) is 3. The second-order valence-electron chi connectivity index (χ2n) is 4.13. The van der Waals surface area contributed by atoms with Crippen molar-refractivity contribution in [3.8, 4) is 11.8 Å². The molecule has 0 aliphatic rings. The smallest absolute Gasteiger partial charge is 0.267 e. The first kappa shape index (κ1) is 14.3. The third kappa shape index (κ3) is 3.27. The van der Waals surface area contributed by atoms with Crippen molar-refractivity contribution in [2.75, 3.05) is 11.9 Å². The molecule has 0 fully saturated rings. The van der Waals surface area contributed by atoms with Crippen molar-refractivity contribution < 1.29 is 4.79 Å². The Morgan fingerprint density at radius 1 is 1.35 bits per heavy atom. The summed E-state index contributed by atoms with van der Waals surface area (Å²) in [6.07, 6.45) is 0.876. The van der Waals surface area contributed by atoms with E-state index in [0.29, 0.717) is 4.88 Å². The molecule has 1 heterocycles. The van der Waals surface area contributed by atoms with Gasteiger partial charge in [-0.05, 0) is 29.5 Å². The Labute approximate surface area is 122 Å². The highest BCUT2D eigenvalue weighted by molar-refractivity contribution is 7.12. The molecule has 102 valence electrons. The number of carbonyl (C=O) groups is 1. The van der Waals surface area contributed by atoms with Gasteiger partial charge >= 0.3 is 0 Å². The fourth-order valence-electron chi connectivity index (χ4n) is 1.86. The van der Waals surface area contributed by atoms with Crippen molar-refractivity contribution in [2.45, 2.75) is 13.3 Å². The number of benzene rings is 1. The molecule has 2 rings (SSSR count). The third-order valence-electron chi connectivity index (χ3n) is 2.84. The minimum absolute atomic E-state index is 0.123. The van der Waals surface area contributed by atoms with Gasteiger partial charge in [-0.1, -0.05) is 37.0 Å². The van der Waals surface area contributed by atoms with Crippen LogP contribution in [0, 0.1) is 11.8 Å². The van der Waals surface area contributed by atoms with E-state index in [4.69, 9.17) is 5.73 Å². The molecular weight excluding hydrogens is 268 g/mol. The summed E-state index contributed by atoms with van der Waals surface area (Å²) in [7, 11) is 0. The maximum Gasteiger partial charge on any atom is 0.267 e. The van der Waals surface area contributed by atoms with Crippen molar-refractivity contribution in [2.24, 2.45) is 5.73 Å². The Morgan fingerprint density at radius 2 is 2.15 bits per heavy atom. The molecule has 0 saturated heterocycles. The Balaban J connectivity index is 2.22. The van der Waals surface area contributed by atoms with E-state index in [1.807, 2.05) is 35.7 Å². The van der Waals surface area contributed by atoms with E-state index in [-0.39, 0.29) is 12.5 Å². The van der Waals surface area contributed by atoms with Gasteiger partial charge in [-0.2, -0.15) is 0 Å². The predicted octanol–water partition coefficient (Wildman–Crippen LogP) is 2.87. The third-order valence-corrected chi connectivity index (χ3v) is 3.76. The average Bonchev–Trinajstić information content (AvgIpc) is 2.94. The van der Waals surface area contributed by atoms with Gasteiger partial charge in [-0.25, -0.2) is 0 Å². The van der Waals surface area contributed by atoms with Crippen LogP contribution in [-0.4, -0.2) is 12.5 Å². The number of para-hydroxylation sites is 1. The number of amides is 1. The van der Waals surface area contributed by atoms with Crippen molar-refractivity contribution >= 4 is 22.9 Å². The summed E-state index contributed by atoms with van der Waals surface area (Å²) < 4.78 is 0. The van der Waals surface area contributed by atoms with Crippen LogP contribution in [0.15, 0.2) is 35.7 Å². The van der Waals surface area contributed by atoms with E-state index >= 15 is 0 Å². The maximum absolute atomic E-state index is 12.3. The van der Waals surface area contributed by atoms with Gasteiger partial charge in [0.2, 0.25) is 0 Å². The summed E-state index contributed by atoms with van der Waals surface area (Å²) in [5.41, 5.74) is 8.06. The molecule has 1 amide bonds. The molecule has 0 unspecified atom stereocenters. The number of nitrogens with one attached hydrogen (secondary N) is 1. The Kier molecular flexibility index (Phi) is 4.94. The molecule has 3 nitrogen and oxygen atoms in total. The lowest BCUT2D eigenvalue weighted by atomic mass is 10.1. The number of thiophene rings is 1. The number of anilines is 1. The maximum atomic E-state index is 12.3. The fourth-order valence-corrected chi connectivity index (χ4v) is 2.60. The summed E-state index contributed by atoms with van der Waals surface area (Å²) in [5.74, 6) is 5.58. The van der Waals surface area contributed by atoms with Crippen LogP contribution in [0.5, 0.6) is 0 Å². The Bertz CT molecular complexity index is 664. The largest absolute Gasteiger partial charge is 0.321 e. The lowest BCUT2D eigenvalue weighted by molar-refractivity contribution is 0.103. The molecule has 0 aliphatic heterocycles. The quantitative estimate of drug-likeness (QED) is 0.852. The number of nitrogens with two attached hydrogens (primary N) is 1. The van der Waals surface area contributed by atoms with Crippen LogP contribution < -0.4 is 11.1 Å². The zero-order valence-electron chi connectivity index (χ0n) is 11.3. The van der Waals surface area contributed by atoms with Crippen LogP contribution in [0.2, 0.25) is 0 Å². The second kappa shape index (κ2) is 6.90. The molecule has 0 spiro atoms. The summed E-state index contributed by atoms with van der Waals surface area (Å²) >= 11 is 1.39. The average molecular weight is 284 g/mol. The topological polar surface area (TPSA) is 55.1 Å². The second-order valence-corrected chi connectivity index (χ2v) is 5.05. The van der Waals surface area contributed by atoms with Gasteiger partial charge < -0.3 is 11.1 Å². The normalized spacial score (nSPS) is 9.70. The van der Waals surface area contributed by atoms with Crippen LogP contribution in [0.25, 0.3) is 0 Å². The van der Waals surface area contributed by atoms with Crippen LogP contribution in [0.3, 0.4) is 0 Å². The zero-order chi connectivity index (χ0) is 14.4. The van der Waals surface area contributed by atoms with Gasteiger partial charge in [0.15, 0.2) is 0 Å². The van der Waals surface area contributed by atoms with Crippen LogP contribution in [0.1, 0.15) is 27.7 Å². The molecule has 0 saturated carbocycles. The molecule has 0 aliphatic carbocycles. The number of carbonyl (C=O) groups excluding carboxylic acids is 1. The van der Waals surface area contributed by atoms with Crippen LogP contribution in [0.4, 0.5) is 5.69 Å². The first-order chi connectivity index (χ1) is 9.76. The van der Waals surface area contributed by atoms with Gasteiger partial charge in [0.05, 0.1) is 6.54 Å². The van der Waals surface area contributed by atoms with Crippen molar-refractivity contribution in [1.29, 1.82) is 0 Å². The molecule has 3 N–H and O–H groups in total. The highest BCUT2D eigenvalue weighted by Crippen LogP contribution is 2.20. The molecule has 0 radical (unpaired) electrons. The van der Waals surface area contributed by atoms with E-state index in [0.717, 1.165) is 23.2 Å². The predicted molar refractivity (Wildman–Crippen MR) is 84.0 cm³/mol. The summed E-state index contributed by atoms with van der Waals surface area (Å²) in [6, 6.07) is 9.65. The van der Waals surface area contributed by atoms with Crippen molar-refractivity contribution in [3.05, 3.63) is 51.7 Å². The van der Waals surface area contributed by atoms with E-state index in [9.17, 15) is 4.79 Å². The Hall–Kier alpha value is -2.09. The lowest BCUT2D eigenvalue weighted by Crippen LogP contribution is -2.12. The number of aryl methyl sites for hydroxylation is 1. The summed E-state index contributed by atoms with van der Waals surface area (Å²) in [5, 5.41) is 4.82. The van der Waals surface area contributed by atoms with Gasteiger partial charge in [-0.3, -0.25) is 4.79 Å². The van der Waals surface area contributed by atoms with Gasteiger partial charge in [0, 0.05) is 11.3 Å². The highest BCUT2D eigenvalue weighted by Gasteiger charge is 2.13. The lowest BCUT2D eigenvalue weighted by Gasteiger charge is -2.08. The van der Waals surface area contributed by atoms with Crippen LogP contribution in [-0.2, 0) is 6.42 Å². The number of hydrogen-bond donors (Lipinski definition) is 2. The van der Waals surface area contributed by atoms with E-state index < -0.39 is 0 Å². The monoisotopic (exact) mass is 284 g/mol. The first-order valence-electron chi connectivity index (χ1n) is 6.42. The highest BCUT2D eigenvalue weighted by atomic mass is 32.1. The molecule has 2 aromatic rings. The van der Waals surface area contributed by atoms with E-state index in [2.05, 4.69) is 24.1 Å². The minimum atomic E-state index is -0.123. The molecule has 1 aromatic heterocycles. The minimum Gasteiger partial charge on any atom is -0.321 e. The molecule has 1 aromatic carbocycles. The first-order valence-corrected chi connectivity index (χ1v) is 7.30. The van der Waals surface area contributed by atoms with Crippen molar-refractivity contribution in [1.82, 2.24) is 0 Å². The summed E-state index contributed by atoms with van der Waals surface area (Å²) in [4.78, 5) is 12.9. The standard InChI is InChI=1S/C16H16N2OS/c1-2-12-6-3-4-8-14(12)18-16(19)15-13(7-5-10-17)9-11-20-15/h3-4,6,8-9,11H,2,10,17H2,1H3,(H,18,19). The molecule has 0 atom stereocenters. The molecule has 20 heavy (non-hydrogen) atoms. The number of rotatable bonds is 3. The fraction of sp³-hybridized carbons (Fsp3) is 0.188.